The van der Waals surface area contributed by atoms with E-state index in [4.69, 9.17) is 14.0 Å². The fourth-order valence-electron chi connectivity index (χ4n) is 3.47. The maximum absolute atomic E-state index is 12.3. The van der Waals surface area contributed by atoms with Gasteiger partial charge in [-0.1, -0.05) is 5.16 Å². The number of aromatic nitrogens is 3. The number of hydrogen-bond acceptors (Lipinski definition) is 7. The van der Waals surface area contributed by atoms with E-state index in [2.05, 4.69) is 10.1 Å². The SMILES string of the molecule is CC(C)(C)OC(=O)N1CCC(c2noc(-c3ccn(C4COC4)c(=O)c3)n2)CC1. The molecular weight excluding hydrogens is 376 g/mol. The zero-order chi connectivity index (χ0) is 20.6. The van der Waals surface area contributed by atoms with Crippen LogP contribution in [-0.4, -0.2) is 57.6 Å². The second-order valence-corrected chi connectivity index (χ2v) is 8.55. The van der Waals surface area contributed by atoms with Crippen molar-refractivity contribution in [2.45, 2.75) is 51.2 Å². The molecule has 0 aromatic carbocycles. The number of hydrogen-bond donors (Lipinski definition) is 0. The molecule has 0 radical (unpaired) electrons. The molecule has 9 nitrogen and oxygen atoms in total. The van der Waals surface area contributed by atoms with E-state index in [9.17, 15) is 9.59 Å². The van der Waals surface area contributed by atoms with E-state index in [1.807, 2.05) is 26.8 Å². The van der Waals surface area contributed by atoms with Gasteiger partial charge in [0.25, 0.3) is 11.4 Å². The molecule has 2 aliphatic rings. The van der Waals surface area contributed by atoms with Crippen LogP contribution in [0.15, 0.2) is 27.6 Å². The number of piperidine rings is 1. The van der Waals surface area contributed by atoms with Crippen LogP contribution in [0.5, 0.6) is 0 Å². The summed E-state index contributed by atoms with van der Waals surface area (Å²) < 4.78 is 17.6. The number of rotatable bonds is 3. The molecule has 2 aromatic heterocycles. The van der Waals surface area contributed by atoms with Crippen molar-refractivity contribution in [2.75, 3.05) is 26.3 Å². The molecule has 9 heteroatoms. The zero-order valence-corrected chi connectivity index (χ0v) is 17.0. The Bertz CT molecular complexity index is 933. The topological polar surface area (TPSA) is 99.7 Å². The average molecular weight is 402 g/mol. The molecule has 2 fully saturated rings. The lowest BCUT2D eigenvalue weighted by molar-refractivity contribution is -0.0248. The number of carbonyl (C=O) groups is 1. The van der Waals surface area contributed by atoms with Crippen LogP contribution in [0.2, 0.25) is 0 Å². The minimum Gasteiger partial charge on any atom is -0.444 e. The van der Waals surface area contributed by atoms with Crippen molar-refractivity contribution in [1.29, 1.82) is 0 Å². The molecule has 0 unspecified atom stereocenters. The van der Waals surface area contributed by atoms with E-state index in [0.29, 0.717) is 43.6 Å². The lowest BCUT2D eigenvalue weighted by Gasteiger charge is -2.32. The fraction of sp³-hybridized carbons (Fsp3) is 0.600. The molecule has 0 spiro atoms. The Morgan fingerprint density at radius 1 is 1.24 bits per heavy atom. The maximum Gasteiger partial charge on any atom is 0.410 e. The monoisotopic (exact) mass is 402 g/mol. The van der Waals surface area contributed by atoms with Crippen LogP contribution in [0.3, 0.4) is 0 Å². The van der Waals surface area contributed by atoms with Crippen LogP contribution >= 0.6 is 0 Å². The van der Waals surface area contributed by atoms with Crippen molar-refractivity contribution in [1.82, 2.24) is 19.6 Å². The van der Waals surface area contributed by atoms with Gasteiger partial charge in [-0.2, -0.15) is 4.98 Å². The van der Waals surface area contributed by atoms with Gasteiger partial charge in [0.05, 0.1) is 19.3 Å². The highest BCUT2D eigenvalue weighted by Crippen LogP contribution is 2.28. The second kappa shape index (κ2) is 7.62. The minimum absolute atomic E-state index is 0.102. The Balaban J connectivity index is 1.39. The van der Waals surface area contributed by atoms with Gasteiger partial charge < -0.3 is 23.5 Å². The third kappa shape index (κ3) is 4.34. The fourth-order valence-corrected chi connectivity index (χ4v) is 3.47. The van der Waals surface area contributed by atoms with Crippen molar-refractivity contribution >= 4 is 6.09 Å². The van der Waals surface area contributed by atoms with Crippen LogP contribution < -0.4 is 5.56 Å². The molecular formula is C20H26N4O5. The van der Waals surface area contributed by atoms with Crippen LogP contribution in [0.25, 0.3) is 11.5 Å². The smallest absolute Gasteiger partial charge is 0.410 e. The van der Waals surface area contributed by atoms with Crippen LogP contribution in [0.4, 0.5) is 4.79 Å². The molecule has 0 aliphatic carbocycles. The summed E-state index contributed by atoms with van der Waals surface area (Å²) >= 11 is 0. The van der Waals surface area contributed by atoms with Gasteiger partial charge in [0.2, 0.25) is 0 Å². The van der Waals surface area contributed by atoms with E-state index in [1.54, 1.807) is 15.7 Å². The first kappa shape index (κ1) is 19.6. The van der Waals surface area contributed by atoms with Gasteiger partial charge in [-0.15, -0.1) is 0 Å². The second-order valence-electron chi connectivity index (χ2n) is 8.55. The van der Waals surface area contributed by atoms with Crippen LogP contribution in [0.1, 0.15) is 51.4 Å². The van der Waals surface area contributed by atoms with Crippen molar-refractivity contribution in [3.8, 4) is 11.5 Å². The summed E-state index contributed by atoms with van der Waals surface area (Å²) in [5, 5.41) is 4.11. The van der Waals surface area contributed by atoms with E-state index in [1.165, 1.54) is 6.07 Å². The van der Waals surface area contributed by atoms with Crippen molar-refractivity contribution in [3.05, 3.63) is 34.5 Å². The number of amides is 1. The lowest BCUT2D eigenvalue weighted by atomic mass is 9.96. The summed E-state index contributed by atoms with van der Waals surface area (Å²) in [7, 11) is 0. The first-order valence-electron chi connectivity index (χ1n) is 9.92. The van der Waals surface area contributed by atoms with E-state index in [-0.39, 0.29) is 23.6 Å². The molecule has 2 aromatic rings. The third-order valence-electron chi connectivity index (χ3n) is 5.16. The van der Waals surface area contributed by atoms with E-state index in [0.717, 1.165) is 12.8 Å². The highest BCUT2D eigenvalue weighted by Gasteiger charge is 2.30. The molecule has 29 heavy (non-hydrogen) atoms. The summed E-state index contributed by atoms with van der Waals surface area (Å²) in [6.45, 7) is 7.87. The Morgan fingerprint density at radius 2 is 1.97 bits per heavy atom. The number of pyridine rings is 1. The van der Waals surface area contributed by atoms with Gasteiger partial charge in [0, 0.05) is 36.8 Å². The van der Waals surface area contributed by atoms with Crippen molar-refractivity contribution < 1.29 is 18.8 Å². The zero-order valence-electron chi connectivity index (χ0n) is 17.0. The highest BCUT2D eigenvalue weighted by molar-refractivity contribution is 5.68. The third-order valence-corrected chi connectivity index (χ3v) is 5.16. The largest absolute Gasteiger partial charge is 0.444 e. The Labute approximate surface area is 168 Å². The predicted molar refractivity (Wildman–Crippen MR) is 104 cm³/mol. The number of ether oxygens (including phenoxy) is 2. The maximum atomic E-state index is 12.3. The Kier molecular flexibility index (Phi) is 5.16. The lowest BCUT2D eigenvalue weighted by Crippen LogP contribution is -2.41. The van der Waals surface area contributed by atoms with E-state index < -0.39 is 5.60 Å². The van der Waals surface area contributed by atoms with Crippen LogP contribution in [0, 0.1) is 0 Å². The van der Waals surface area contributed by atoms with Gasteiger partial charge in [0.15, 0.2) is 5.82 Å². The number of nitrogens with zero attached hydrogens (tertiary/aromatic N) is 4. The van der Waals surface area contributed by atoms with Gasteiger partial charge in [-0.05, 0) is 39.7 Å². The molecule has 0 bridgehead atoms. The molecule has 2 aliphatic heterocycles. The predicted octanol–water partition coefficient (Wildman–Crippen LogP) is 2.58. The average Bonchev–Trinajstić information content (AvgIpc) is 3.11. The minimum atomic E-state index is -0.504. The summed E-state index contributed by atoms with van der Waals surface area (Å²) in [5.74, 6) is 1.06. The summed E-state index contributed by atoms with van der Waals surface area (Å²) in [5.41, 5.74) is -0.00573. The highest BCUT2D eigenvalue weighted by atomic mass is 16.6. The van der Waals surface area contributed by atoms with Gasteiger partial charge >= 0.3 is 6.09 Å². The summed E-state index contributed by atoms with van der Waals surface area (Å²) in [4.78, 5) is 30.7. The summed E-state index contributed by atoms with van der Waals surface area (Å²) in [6, 6.07) is 3.42. The summed E-state index contributed by atoms with van der Waals surface area (Å²) in [6.07, 6.45) is 2.93. The Morgan fingerprint density at radius 3 is 2.55 bits per heavy atom. The molecule has 156 valence electrons. The van der Waals surface area contributed by atoms with Crippen molar-refractivity contribution in [3.63, 3.8) is 0 Å². The molecule has 1 amide bonds. The number of likely N-dealkylation sites (tertiary alicyclic amines) is 1. The number of carbonyl (C=O) groups excluding carboxylic acids is 1. The first-order chi connectivity index (χ1) is 13.8. The molecule has 0 N–H and O–H groups in total. The van der Waals surface area contributed by atoms with Crippen LogP contribution in [-0.2, 0) is 9.47 Å². The quantitative estimate of drug-likeness (QED) is 0.778. The normalized spacial score (nSPS) is 18.5. The molecule has 0 saturated carbocycles. The molecule has 4 rings (SSSR count). The van der Waals surface area contributed by atoms with Gasteiger partial charge in [-0.25, -0.2) is 4.79 Å². The standard InChI is InChI=1S/C20H26N4O5/c1-20(2,3)28-19(26)23-7-4-13(5-8-23)17-21-18(29-22-17)14-6-9-24(16(25)10-14)15-11-27-12-15/h6,9-10,13,15H,4-5,7-8,11-12H2,1-3H3. The molecule has 2 saturated heterocycles. The Hall–Kier alpha value is -2.68. The molecule has 4 heterocycles. The molecule has 0 atom stereocenters. The van der Waals surface area contributed by atoms with Crippen molar-refractivity contribution in [2.24, 2.45) is 0 Å². The van der Waals surface area contributed by atoms with E-state index >= 15 is 0 Å². The first-order valence-corrected chi connectivity index (χ1v) is 9.92. The van der Waals surface area contributed by atoms with Gasteiger partial charge in [-0.3, -0.25) is 4.79 Å². The van der Waals surface area contributed by atoms with Gasteiger partial charge in [0.1, 0.15) is 5.60 Å².